The van der Waals surface area contributed by atoms with Crippen LogP contribution in [-0.4, -0.2) is 54.7 Å². The van der Waals surface area contributed by atoms with Gasteiger partial charge in [0.25, 0.3) is 0 Å². The molecule has 0 unspecified atom stereocenters. The highest BCUT2D eigenvalue weighted by atomic mass is 16.6. The van der Waals surface area contributed by atoms with Gasteiger partial charge in [0.15, 0.2) is 11.8 Å². The number of benzene rings is 1. The lowest BCUT2D eigenvalue weighted by Crippen LogP contribution is -2.47. The molecule has 7 nitrogen and oxygen atoms in total. The van der Waals surface area contributed by atoms with E-state index in [1.165, 1.54) is 4.68 Å². The van der Waals surface area contributed by atoms with Gasteiger partial charge in [-0.15, -0.1) is 11.5 Å². The summed E-state index contributed by atoms with van der Waals surface area (Å²) in [6.07, 6.45) is 1.73. The Labute approximate surface area is 114 Å². The van der Waals surface area contributed by atoms with Gasteiger partial charge in [0.2, 0.25) is 0 Å². The Morgan fingerprint density at radius 3 is 2.85 bits per heavy atom. The van der Waals surface area contributed by atoms with E-state index >= 15 is 0 Å². The van der Waals surface area contributed by atoms with Crippen LogP contribution in [0, 0.1) is 12.3 Å². The van der Waals surface area contributed by atoms with E-state index in [9.17, 15) is 15.3 Å². The number of nitrogens with zero attached hydrogens (tertiary/aromatic N) is 3. The van der Waals surface area contributed by atoms with Crippen molar-refractivity contribution >= 4 is 11.0 Å². The number of aliphatic hydroxyl groups is 3. The molecule has 1 aromatic carbocycles. The summed E-state index contributed by atoms with van der Waals surface area (Å²) in [5, 5.41) is 37.6. The van der Waals surface area contributed by atoms with Crippen molar-refractivity contribution in [3.8, 4) is 12.3 Å². The number of fused-ring (bicyclic) bond motifs is 1. The van der Waals surface area contributed by atoms with Gasteiger partial charge in [-0.1, -0.05) is 23.3 Å². The standard InChI is InChI=1S/C13H13N3O4/c1-2-13(19)10(7-17)20-12(11(13)18)16-9-6-4-3-5-8(9)14-15-16/h1,3-6,10-12,17-19H,7H2/t10-,11-,12-,13-/m0/s1. The second-order valence-electron chi connectivity index (χ2n) is 4.64. The summed E-state index contributed by atoms with van der Waals surface area (Å²) in [4.78, 5) is 0. The number of aliphatic hydroxyl groups excluding tert-OH is 2. The highest BCUT2D eigenvalue weighted by Gasteiger charge is 2.55. The third-order valence-electron chi connectivity index (χ3n) is 3.53. The van der Waals surface area contributed by atoms with Gasteiger partial charge in [-0.25, -0.2) is 4.68 Å². The molecule has 20 heavy (non-hydrogen) atoms. The third-order valence-corrected chi connectivity index (χ3v) is 3.53. The van der Waals surface area contributed by atoms with Crippen molar-refractivity contribution in [2.24, 2.45) is 0 Å². The molecule has 1 fully saturated rings. The Kier molecular flexibility index (Phi) is 2.96. The minimum Gasteiger partial charge on any atom is -0.394 e. The van der Waals surface area contributed by atoms with Crippen LogP contribution in [0.15, 0.2) is 24.3 Å². The van der Waals surface area contributed by atoms with E-state index in [1.807, 2.05) is 6.07 Å². The Hall–Kier alpha value is -1.98. The second-order valence-corrected chi connectivity index (χ2v) is 4.64. The van der Waals surface area contributed by atoms with Gasteiger partial charge in [-0.05, 0) is 12.1 Å². The Morgan fingerprint density at radius 2 is 2.20 bits per heavy atom. The van der Waals surface area contributed by atoms with E-state index in [0.717, 1.165) is 0 Å². The van der Waals surface area contributed by atoms with Crippen LogP contribution in [0.2, 0.25) is 0 Å². The molecule has 1 aliphatic rings. The summed E-state index contributed by atoms with van der Waals surface area (Å²) in [5.41, 5.74) is -0.707. The lowest BCUT2D eigenvalue weighted by atomic mass is 9.93. The monoisotopic (exact) mass is 275 g/mol. The number of terminal acetylenes is 1. The summed E-state index contributed by atoms with van der Waals surface area (Å²) in [5.74, 6) is 2.09. The molecule has 2 aromatic rings. The van der Waals surface area contributed by atoms with Crippen LogP contribution in [0.1, 0.15) is 6.23 Å². The summed E-state index contributed by atoms with van der Waals surface area (Å²) in [6.45, 7) is -0.513. The molecule has 3 rings (SSSR count). The summed E-state index contributed by atoms with van der Waals surface area (Å²) in [6, 6.07) is 7.12. The van der Waals surface area contributed by atoms with E-state index < -0.39 is 30.6 Å². The SMILES string of the molecule is C#C[C@]1(O)[C@H](CO)O[C@H](n2nnc3ccccc32)[C@@H]1O. The fourth-order valence-corrected chi connectivity index (χ4v) is 2.38. The third kappa shape index (κ3) is 1.63. The molecule has 104 valence electrons. The number of ether oxygens (including phenoxy) is 1. The molecule has 1 saturated heterocycles. The van der Waals surface area contributed by atoms with Gasteiger partial charge >= 0.3 is 0 Å². The highest BCUT2D eigenvalue weighted by Crippen LogP contribution is 2.37. The minimum absolute atomic E-state index is 0.513. The highest BCUT2D eigenvalue weighted by molar-refractivity contribution is 5.74. The van der Waals surface area contributed by atoms with E-state index in [4.69, 9.17) is 11.2 Å². The fourth-order valence-electron chi connectivity index (χ4n) is 2.38. The maximum atomic E-state index is 10.2. The van der Waals surface area contributed by atoms with Gasteiger partial charge in [-0.3, -0.25) is 0 Å². The van der Waals surface area contributed by atoms with Gasteiger partial charge in [0.05, 0.1) is 12.1 Å². The number of aromatic nitrogens is 3. The molecule has 1 aliphatic heterocycles. The molecule has 4 atom stereocenters. The zero-order chi connectivity index (χ0) is 14.3. The van der Waals surface area contributed by atoms with Crippen molar-refractivity contribution in [3.05, 3.63) is 24.3 Å². The van der Waals surface area contributed by atoms with Gasteiger partial charge in [0.1, 0.15) is 17.7 Å². The van der Waals surface area contributed by atoms with Crippen molar-refractivity contribution in [2.75, 3.05) is 6.61 Å². The number of rotatable bonds is 2. The van der Waals surface area contributed by atoms with Crippen molar-refractivity contribution in [1.82, 2.24) is 15.0 Å². The molecule has 0 spiro atoms. The number of hydrogen-bond acceptors (Lipinski definition) is 6. The largest absolute Gasteiger partial charge is 0.394 e. The molecule has 7 heteroatoms. The van der Waals surface area contributed by atoms with Crippen LogP contribution in [0.4, 0.5) is 0 Å². The summed E-state index contributed by atoms with van der Waals surface area (Å²) < 4.78 is 6.80. The predicted molar refractivity (Wildman–Crippen MR) is 68.3 cm³/mol. The molecule has 0 aliphatic carbocycles. The fraction of sp³-hybridized carbons (Fsp3) is 0.385. The summed E-state index contributed by atoms with van der Waals surface area (Å²) >= 11 is 0. The Morgan fingerprint density at radius 1 is 1.45 bits per heavy atom. The predicted octanol–water partition coefficient (Wildman–Crippen LogP) is -0.954. The van der Waals surface area contributed by atoms with E-state index in [-0.39, 0.29) is 0 Å². The van der Waals surface area contributed by atoms with Gasteiger partial charge < -0.3 is 20.1 Å². The normalized spacial score (nSPS) is 33.4. The van der Waals surface area contributed by atoms with Crippen molar-refractivity contribution in [2.45, 2.75) is 24.0 Å². The second kappa shape index (κ2) is 4.54. The maximum absolute atomic E-state index is 10.2. The first-order valence-corrected chi connectivity index (χ1v) is 6.06. The maximum Gasteiger partial charge on any atom is 0.184 e. The molecule has 0 saturated carbocycles. The van der Waals surface area contributed by atoms with Crippen molar-refractivity contribution in [1.29, 1.82) is 0 Å². The topological polar surface area (TPSA) is 101 Å². The van der Waals surface area contributed by atoms with Crippen LogP contribution in [0.25, 0.3) is 11.0 Å². The quantitative estimate of drug-likeness (QED) is 0.611. The first kappa shape index (κ1) is 13.0. The number of para-hydroxylation sites is 1. The van der Waals surface area contributed by atoms with Crippen molar-refractivity contribution in [3.63, 3.8) is 0 Å². The van der Waals surface area contributed by atoms with Crippen molar-refractivity contribution < 1.29 is 20.1 Å². The molecule has 0 amide bonds. The minimum atomic E-state index is -1.97. The van der Waals surface area contributed by atoms with Gasteiger partial charge in [-0.2, -0.15) is 0 Å². The molecular weight excluding hydrogens is 262 g/mol. The van der Waals surface area contributed by atoms with Crippen LogP contribution < -0.4 is 0 Å². The molecule has 0 bridgehead atoms. The van der Waals surface area contributed by atoms with E-state index in [2.05, 4.69) is 16.2 Å². The zero-order valence-electron chi connectivity index (χ0n) is 10.4. The number of hydrogen-bond donors (Lipinski definition) is 3. The van der Waals surface area contributed by atoms with Crippen LogP contribution >= 0.6 is 0 Å². The van der Waals surface area contributed by atoms with Crippen LogP contribution in [-0.2, 0) is 4.74 Å². The van der Waals surface area contributed by atoms with E-state index in [1.54, 1.807) is 18.2 Å². The van der Waals surface area contributed by atoms with Crippen LogP contribution in [0.5, 0.6) is 0 Å². The first-order chi connectivity index (χ1) is 9.61. The zero-order valence-corrected chi connectivity index (χ0v) is 10.4. The average molecular weight is 275 g/mol. The van der Waals surface area contributed by atoms with E-state index in [0.29, 0.717) is 11.0 Å². The Bertz CT molecular complexity index is 680. The lowest BCUT2D eigenvalue weighted by Gasteiger charge is -2.23. The average Bonchev–Trinajstić information content (AvgIpc) is 3.00. The molecule has 1 aromatic heterocycles. The van der Waals surface area contributed by atoms with Crippen LogP contribution in [0.3, 0.4) is 0 Å². The lowest BCUT2D eigenvalue weighted by molar-refractivity contribution is -0.0636. The molecular formula is C13H13N3O4. The summed E-state index contributed by atoms with van der Waals surface area (Å²) in [7, 11) is 0. The first-order valence-electron chi connectivity index (χ1n) is 6.06. The molecule has 3 N–H and O–H groups in total. The Balaban J connectivity index is 2.06. The molecule has 2 heterocycles. The smallest absolute Gasteiger partial charge is 0.184 e. The van der Waals surface area contributed by atoms with Gasteiger partial charge in [0, 0.05) is 0 Å². The molecule has 0 radical (unpaired) electrons.